The Balaban J connectivity index is 2.05. The SMILES string of the molecule is COC(=O)c1ccc(/C=C/[C@H]2[C@@H](Cl)CCN2C)cc1. The van der Waals surface area contributed by atoms with E-state index in [-0.39, 0.29) is 17.4 Å². The van der Waals surface area contributed by atoms with Gasteiger partial charge in [-0.3, -0.25) is 4.90 Å². The minimum Gasteiger partial charge on any atom is -0.465 e. The predicted molar refractivity (Wildman–Crippen MR) is 77.5 cm³/mol. The fourth-order valence-corrected chi connectivity index (χ4v) is 2.62. The van der Waals surface area contributed by atoms with E-state index in [9.17, 15) is 4.79 Å². The Morgan fingerprint density at radius 1 is 1.42 bits per heavy atom. The van der Waals surface area contributed by atoms with Crippen LogP contribution in [0.5, 0.6) is 0 Å². The lowest BCUT2D eigenvalue weighted by Crippen LogP contribution is -2.27. The number of carbonyl (C=O) groups is 1. The van der Waals surface area contributed by atoms with Crippen molar-refractivity contribution in [1.29, 1.82) is 0 Å². The van der Waals surface area contributed by atoms with Gasteiger partial charge in [-0.25, -0.2) is 4.79 Å². The van der Waals surface area contributed by atoms with Crippen LogP contribution in [0.25, 0.3) is 6.08 Å². The average Bonchev–Trinajstić information content (AvgIpc) is 2.75. The number of esters is 1. The molecule has 1 heterocycles. The van der Waals surface area contributed by atoms with E-state index in [1.54, 1.807) is 12.1 Å². The van der Waals surface area contributed by atoms with E-state index in [0.717, 1.165) is 18.5 Å². The normalized spacial score (nSPS) is 23.9. The monoisotopic (exact) mass is 279 g/mol. The van der Waals surface area contributed by atoms with Gasteiger partial charge in [0, 0.05) is 6.04 Å². The van der Waals surface area contributed by atoms with Crippen molar-refractivity contribution in [2.75, 3.05) is 20.7 Å². The van der Waals surface area contributed by atoms with Crippen molar-refractivity contribution in [1.82, 2.24) is 4.90 Å². The fraction of sp³-hybridized carbons (Fsp3) is 0.400. The highest BCUT2D eigenvalue weighted by atomic mass is 35.5. The van der Waals surface area contributed by atoms with E-state index in [2.05, 4.69) is 22.8 Å². The number of ether oxygens (including phenoxy) is 1. The molecule has 1 fully saturated rings. The number of rotatable bonds is 3. The second-order valence-corrected chi connectivity index (χ2v) is 5.31. The van der Waals surface area contributed by atoms with Crippen LogP contribution in [0.3, 0.4) is 0 Å². The Bertz CT molecular complexity index is 460. The van der Waals surface area contributed by atoms with Gasteiger partial charge in [-0.05, 0) is 37.7 Å². The number of hydrogen-bond acceptors (Lipinski definition) is 3. The quantitative estimate of drug-likeness (QED) is 0.629. The molecule has 1 aromatic carbocycles. The molecule has 0 unspecified atom stereocenters. The van der Waals surface area contributed by atoms with Gasteiger partial charge in [-0.15, -0.1) is 11.6 Å². The number of likely N-dealkylation sites (N-methyl/N-ethyl adjacent to an activating group) is 1. The summed E-state index contributed by atoms with van der Waals surface area (Å²) in [6, 6.07) is 7.62. The topological polar surface area (TPSA) is 29.5 Å². The van der Waals surface area contributed by atoms with Gasteiger partial charge in [-0.2, -0.15) is 0 Å². The van der Waals surface area contributed by atoms with Crippen LogP contribution in [0.4, 0.5) is 0 Å². The van der Waals surface area contributed by atoms with Crippen LogP contribution in [0.1, 0.15) is 22.3 Å². The lowest BCUT2D eigenvalue weighted by molar-refractivity contribution is 0.0601. The summed E-state index contributed by atoms with van der Waals surface area (Å²) in [7, 11) is 3.46. The molecule has 102 valence electrons. The number of benzene rings is 1. The molecule has 19 heavy (non-hydrogen) atoms. The van der Waals surface area contributed by atoms with Gasteiger partial charge in [0.05, 0.1) is 18.1 Å². The molecule has 1 saturated heterocycles. The van der Waals surface area contributed by atoms with E-state index < -0.39 is 0 Å². The third-order valence-corrected chi connectivity index (χ3v) is 3.93. The highest BCUT2D eigenvalue weighted by molar-refractivity contribution is 6.21. The number of methoxy groups -OCH3 is 1. The van der Waals surface area contributed by atoms with Gasteiger partial charge in [-0.1, -0.05) is 24.3 Å². The first-order valence-electron chi connectivity index (χ1n) is 6.32. The largest absolute Gasteiger partial charge is 0.465 e. The number of carbonyl (C=O) groups excluding carboxylic acids is 1. The number of likely N-dealkylation sites (tertiary alicyclic amines) is 1. The summed E-state index contributed by atoms with van der Waals surface area (Å²) in [4.78, 5) is 13.6. The molecule has 0 N–H and O–H groups in total. The molecular weight excluding hydrogens is 262 g/mol. The smallest absolute Gasteiger partial charge is 0.337 e. The zero-order valence-corrected chi connectivity index (χ0v) is 11.9. The van der Waals surface area contributed by atoms with E-state index in [4.69, 9.17) is 11.6 Å². The van der Waals surface area contributed by atoms with Gasteiger partial charge in [0.1, 0.15) is 0 Å². The van der Waals surface area contributed by atoms with Gasteiger partial charge in [0.25, 0.3) is 0 Å². The molecule has 0 amide bonds. The lowest BCUT2D eigenvalue weighted by atomic mass is 10.1. The van der Waals surface area contributed by atoms with Crippen molar-refractivity contribution in [2.45, 2.75) is 17.8 Å². The maximum atomic E-state index is 11.3. The molecule has 0 bridgehead atoms. The third-order valence-electron chi connectivity index (χ3n) is 3.45. The Labute approximate surface area is 118 Å². The second kappa shape index (κ2) is 6.22. The second-order valence-electron chi connectivity index (χ2n) is 4.75. The first-order valence-corrected chi connectivity index (χ1v) is 6.76. The molecule has 2 atom stereocenters. The Kier molecular flexibility index (Phi) is 4.61. The minimum atomic E-state index is -0.313. The van der Waals surface area contributed by atoms with Crippen LogP contribution in [0.15, 0.2) is 30.3 Å². The van der Waals surface area contributed by atoms with Gasteiger partial charge in [0.2, 0.25) is 0 Å². The summed E-state index contributed by atoms with van der Waals surface area (Å²) in [6.45, 7) is 1.03. The van der Waals surface area contributed by atoms with Gasteiger partial charge < -0.3 is 4.74 Å². The fourth-order valence-electron chi connectivity index (χ4n) is 2.25. The van der Waals surface area contributed by atoms with E-state index >= 15 is 0 Å². The first kappa shape index (κ1) is 14.1. The molecular formula is C15H18ClNO2. The van der Waals surface area contributed by atoms with Crippen LogP contribution >= 0.6 is 11.6 Å². The van der Waals surface area contributed by atoms with Crippen molar-refractivity contribution in [2.24, 2.45) is 0 Å². The van der Waals surface area contributed by atoms with Crippen molar-refractivity contribution < 1.29 is 9.53 Å². The summed E-state index contributed by atoms with van der Waals surface area (Å²) in [6.07, 6.45) is 5.19. The molecule has 1 aliphatic rings. The molecule has 4 heteroatoms. The van der Waals surface area contributed by atoms with Crippen molar-refractivity contribution in [3.05, 3.63) is 41.5 Å². The summed E-state index contributed by atoms with van der Waals surface area (Å²) in [5.74, 6) is -0.313. The number of hydrogen-bond donors (Lipinski definition) is 0. The molecule has 0 aromatic heterocycles. The predicted octanol–water partition coefficient (Wildman–Crippen LogP) is 2.80. The minimum absolute atomic E-state index is 0.176. The standard InChI is InChI=1S/C15H18ClNO2/c1-17-10-9-13(16)14(17)8-5-11-3-6-12(7-4-11)15(18)19-2/h3-8,13-14H,9-10H2,1-2H3/b8-5+/t13-,14-/m0/s1. The van der Waals surface area contributed by atoms with Crippen LogP contribution in [-0.2, 0) is 4.74 Å². The maximum Gasteiger partial charge on any atom is 0.337 e. The Hall–Kier alpha value is -1.32. The highest BCUT2D eigenvalue weighted by Gasteiger charge is 2.27. The zero-order chi connectivity index (χ0) is 13.8. The summed E-state index contributed by atoms with van der Waals surface area (Å²) < 4.78 is 4.66. The van der Waals surface area contributed by atoms with E-state index in [1.807, 2.05) is 18.2 Å². The van der Waals surface area contributed by atoms with Crippen LogP contribution < -0.4 is 0 Å². The molecule has 0 aliphatic carbocycles. The third kappa shape index (κ3) is 3.37. The summed E-state index contributed by atoms with van der Waals surface area (Å²) in [5.41, 5.74) is 1.62. The van der Waals surface area contributed by atoms with Gasteiger partial charge in [0.15, 0.2) is 0 Å². The summed E-state index contributed by atoms with van der Waals surface area (Å²) in [5, 5.41) is 0.176. The number of nitrogens with zero attached hydrogens (tertiary/aromatic N) is 1. The highest BCUT2D eigenvalue weighted by Crippen LogP contribution is 2.23. The Morgan fingerprint density at radius 2 is 2.11 bits per heavy atom. The zero-order valence-electron chi connectivity index (χ0n) is 11.2. The summed E-state index contributed by atoms with van der Waals surface area (Å²) >= 11 is 6.27. The molecule has 2 rings (SSSR count). The lowest BCUT2D eigenvalue weighted by Gasteiger charge is -2.17. The van der Waals surface area contributed by atoms with Crippen molar-refractivity contribution in [3.8, 4) is 0 Å². The molecule has 0 saturated carbocycles. The van der Waals surface area contributed by atoms with Gasteiger partial charge >= 0.3 is 5.97 Å². The maximum absolute atomic E-state index is 11.3. The molecule has 1 aromatic rings. The molecule has 0 radical (unpaired) electrons. The molecule has 0 spiro atoms. The first-order chi connectivity index (χ1) is 9.11. The Morgan fingerprint density at radius 3 is 2.63 bits per heavy atom. The average molecular weight is 280 g/mol. The van der Waals surface area contributed by atoms with Crippen LogP contribution in [0, 0.1) is 0 Å². The van der Waals surface area contributed by atoms with E-state index in [1.165, 1.54) is 7.11 Å². The van der Waals surface area contributed by atoms with Crippen molar-refractivity contribution in [3.63, 3.8) is 0 Å². The molecule has 3 nitrogen and oxygen atoms in total. The number of halogens is 1. The number of alkyl halides is 1. The van der Waals surface area contributed by atoms with Crippen molar-refractivity contribution >= 4 is 23.6 Å². The van der Waals surface area contributed by atoms with E-state index in [0.29, 0.717) is 5.56 Å². The van der Waals surface area contributed by atoms with Crippen LogP contribution in [0.2, 0.25) is 0 Å². The molecule has 1 aliphatic heterocycles. The van der Waals surface area contributed by atoms with Crippen LogP contribution in [-0.4, -0.2) is 43.0 Å².